The van der Waals surface area contributed by atoms with Gasteiger partial charge < -0.3 is 23.7 Å². The van der Waals surface area contributed by atoms with Crippen molar-refractivity contribution in [3.05, 3.63) is 84.1 Å². The highest BCUT2D eigenvalue weighted by Crippen LogP contribution is 2.28. The van der Waals surface area contributed by atoms with Gasteiger partial charge in [-0.3, -0.25) is 0 Å². The fourth-order valence-electron chi connectivity index (χ4n) is 4.66. The average molecular weight is 462 g/mol. The Hall–Kier alpha value is -3.85. The van der Waals surface area contributed by atoms with Crippen molar-refractivity contribution in [3.63, 3.8) is 0 Å². The quantitative estimate of drug-likeness (QED) is 0.429. The van der Waals surface area contributed by atoms with E-state index in [1.807, 2.05) is 47.1 Å². The Morgan fingerprint density at radius 2 is 1.76 bits per heavy atom. The third kappa shape index (κ3) is 4.47. The first-order valence-electron chi connectivity index (χ1n) is 11.4. The molecule has 0 bridgehead atoms. The van der Waals surface area contributed by atoms with Crippen LogP contribution in [0.3, 0.4) is 0 Å². The number of nitrogens with one attached hydrogen (secondary N) is 1. The van der Waals surface area contributed by atoms with Gasteiger partial charge in [0, 0.05) is 5.69 Å². The lowest BCUT2D eigenvalue weighted by Gasteiger charge is -2.37. The molecule has 0 unspecified atom stereocenters. The maximum absolute atomic E-state index is 5.74. The Kier molecular flexibility index (Phi) is 6.44. The Morgan fingerprint density at radius 1 is 0.971 bits per heavy atom. The summed E-state index contributed by atoms with van der Waals surface area (Å²) in [6.07, 6.45) is 1.67. The highest BCUT2D eigenvalue weighted by atomic mass is 16.5. The zero-order valence-corrected chi connectivity index (χ0v) is 19.4. The van der Waals surface area contributed by atoms with Crippen LogP contribution >= 0.6 is 0 Å². The number of para-hydroxylation sites is 1. The van der Waals surface area contributed by atoms with Gasteiger partial charge in [0.1, 0.15) is 23.8 Å². The van der Waals surface area contributed by atoms with E-state index in [-0.39, 0.29) is 6.04 Å². The lowest BCUT2D eigenvalue weighted by molar-refractivity contribution is -0.927. The molecule has 1 aliphatic heterocycles. The van der Waals surface area contributed by atoms with Crippen molar-refractivity contribution >= 4 is 5.69 Å². The molecule has 1 atom stereocenters. The van der Waals surface area contributed by atoms with Crippen LogP contribution < -0.4 is 19.3 Å². The molecule has 0 saturated carbocycles. The normalized spacial score (nSPS) is 15.3. The summed E-state index contributed by atoms with van der Waals surface area (Å²) in [5.41, 5.74) is 2.28. The van der Waals surface area contributed by atoms with Crippen molar-refractivity contribution in [2.75, 3.05) is 45.3 Å². The van der Waals surface area contributed by atoms with Crippen LogP contribution in [0, 0.1) is 0 Å². The number of methoxy groups -OCH3 is 2. The van der Waals surface area contributed by atoms with Gasteiger partial charge in [-0.05, 0) is 59.0 Å². The van der Waals surface area contributed by atoms with E-state index in [2.05, 4.69) is 38.6 Å². The summed E-state index contributed by atoms with van der Waals surface area (Å²) < 4.78 is 18.4. The number of benzene rings is 2. The van der Waals surface area contributed by atoms with E-state index in [0.29, 0.717) is 6.54 Å². The van der Waals surface area contributed by atoms with Crippen molar-refractivity contribution < 1.29 is 18.8 Å². The van der Waals surface area contributed by atoms with E-state index in [9.17, 15) is 0 Å². The van der Waals surface area contributed by atoms with Crippen LogP contribution in [0.15, 0.2) is 71.3 Å². The summed E-state index contributed by atoms with van der Waals surface area (Å²) in [5, 5.41) is 12.8. The lowest BCUT2D eigenvalue weighted by atomic mass is 10.0. The van der Waals surface area contributed by atoms with Crippen LogP contribution in [0.2, 0.25) is 0 Å². The number of furan rings is 1. The molecule has 0 spiro atoms. The number of tetrazole rings is 1. The maximum atomic E-state index is 5.74. The van der Waals surface area contributed by atoms with Gasteiger partial charge in [-0.25, -0.2) is 4.68 Å². The predicted molar refractivity (Wildman–Crippen MR) is 126 cm³/mol. The molecule has 9 heteroatoms. The third-order valence-electron chi connectivity index (χ3n) is 6.40. The first-order chi connectivity index (χ1) is 16.8. The highest BCUT2D eigenvalue weighted by Gasteiger charge is 2.36. The number of quaternary nitrogens is 1. The van der Waals surface area contributed by atoms with Crippen LogP contribution in [-0.4, -0.2) is 60.6 Å². The lowest BCUT2D eigenvalue weighted by Crippen LogP contribution is -3.15. The van der Waals surface area contributed by atoms with Gasteiger partial charge in [-0.1, -0.05) is 12.1 Å². The molecule has 3 heterocycles. The van der Waals surface area contributed by atoms with Gasteiger partial charge in [0.05, 0.1) is 52.2 Å². The Bertz CT molecular complexity index is 1180. The minimum absolute atomic E-state index is 0.0703. The van der Waals surface area contributed by atoms with Crippen molar-refractivity contribution in [2.24, 2.45) is 0 Å². The molecule has 4 aromatic rings. The van der Waals surface area contributed by atoms with Gasteiger partial charge in [-0.15, -0.1) is 5.10 Å². The first kappa shape index (κ1) is 22.0. The summed E-state index contributed by atoms with van der Waals surface area (Å²) >= 11 is 0. The molecule has 0 radical (unpaired) electrons. The van der Waals surface area contributed by atoms with Crippen LogP contribution in [0.5, 0.6) is 11.5 Å². The Labute approximate surface area is 198 Å². The molecule has 176 valence electrons. The number of aromatic nitrogens is 4. The second-order valence-corrected chi connectivity index (χ2v) is 8.29. The summed E-state index contributed by atoms with van der Waals surface area (Å²) in [6, 6.07) is 20.1. The average Bonchev–Trinajstić information content (AvgIpc) is 3.58. The Balaban J connectivity index is 1.43. The minimum atomic E-state index is -0.0703. The van der Waals surface area contributed by atoms with Crippen molar-refractivity contribution in [2.45, 2.75) is 12.6 Å². The second-order valence-electron chi connectivity index (χ2n) is 8.29. The minimum Gasteiger partial charge on any atom is -0.497 e. The molecule has 1 saturated heterocycles. The van der Waals surface area contributed by atoms with E-state index in [1.165, 1.54) is 10.6 Å². The third-order valence-corrected chi connectivity index (χ3v) is 6.40. The van der Waals surface area contributed by atoms with E-state index < -0.39 is 0 Å². The van der Waals surface area contributed by atoms with E-state index in [4.69, 9.17) is 13.9 Å². The standard InChI is InChI=1S/C25H28N6O3/c1-32-20-11-9-19(10-12-20)29-13-15-30(16-14-29)24(22-7-3-4-8-23(22)33-2)25-26-27-28-31(25)18-21-6-5-17-34-21/h3-12,17,24H,13-16,18H2,1-2H3/p+1/t24-/m0/s1. The first-order valence-corrected chi connectivity index (χ1v) is 11.4. The summed E-state index contributed by atoms with van der Waals surface area (Å²) in [5.74, 6) is 3.32. The van der Waals surface area contributed by atoms with Crippen molar-refractivity contribution in [3.8, 4) is 11.5 Å². The molecule has 0 amide bonds. The molecule has 1 aliphatic rings. The smallest absolute Gasteiger partial charge is 0.214 e. The molecule has 9 nitrogen and oxygen atoms in total. The fraction of sp³-hybridized carbons (Fsp3) is 0.320. The zero-order chi connectivity index (χ0) is 23.3. The molecule has 2 aromatic carbocycles. The highest BCUT2D eigenvalue weighted by molar-refractivity contribution is 5.49. The van der Waals surface area contributed by atoms with Gasteiger partial charge in [0.15, 0.2) is 6.04 Å². The number of anilines is 1. The second kappa shape index (κ2) is 9.96. The zero-order valence-electron chi connectivity index (χ0n) is 19.4. The number of nitrogens with zero attached hydrogens (tertiary/aromatic N) is 5. The molecule has 34 heavy (non-hydrogen) atoms. The van der Waals surface area contributed by atoms with Crippen molar-refractivity contribution in [1.82, 2.24) is 20.2 Å². The van der Waals surface area contributed by atoms with Crippen LogP contribution in [0.25, 0.3) is 0 Å². The predicted octanol–water partition coefficient (Wildman–Crippen LogP) is 1.83. The fourth-order valence-corrected chi connectivity index (χ4v) is 4.66. The number of ether oxygens (including phenoxy) is 2. The number of hydrogen-bond donors (Lipinski definition) is 1. The van der Waals surface area contributed by atoms with Gasteiger partial charge >= 0.3 is 0 Å². The largest absolute Gasteiger partial charge is 0.497 e. The molecule has 5 rings (SSSR count). The Morgan fingerprint density at radius 3 is 2.47 bits per heavy atom. The molecular formula is C25H29N6O3+. The topological polar surface area (TPSA) is 82.9 Å². The van der Waals surface area contributed by atoms with Crippen LogP contribution in [0.4, 0.5) is 5.69 Å². The molecule has 0 aliphatic carbocycles. The molecular weight excluding hydrogens is 432 g/mol. The van der Waals surface area contributed by atoms with Crippen molar-refractivity contribution in [1.29, 1.82) is 0 Å². The molecule has 1 fully saturated rings. The summed E-state index contributed by atoms with van der Waals surface area (Å²) in [4.78, 5) is 3.80. The summed E-state index contributed by atoms with van der Waals surface area (Å²) in [6.45, 7) is 4.19. The monoisotopic (exact) mass is 461 g/mol. The number of hydrogen-bond acceptors (Lipinski definition) is 7. The van der Waals surface area contributed by atoms with Gasteiger partial charge in [-0.2, -0.15) is 0 Å². The van der Waals surface area contributed by atoms with Crippen LogP contribution in [0.1, 0.15) is 23.2 Å². The van der Waals surface area contributed by atoms with Gasteiger partial charge in [0.25, 0.3) is 0 Å². The molecule has 1 N–H and O–H groups in total. The molecule has 2 aromatic heterocycles. The van der Waals surface area contributed by atoms with Gasteiger partial charge in [0.2, 0.25) is 5.82 Å². The van der Waals surface area contributed by atoms with E-state index >= 15 is 0 Å². The van der Waals surface area contributed by atoms with E-state index in [1.54, 1.807) is 20.5 Å². The summed E-state index contributed by atoms with van der Waals surface area (Å²) in [7, 11) is 3.40. The SMILES string of the molecule is COc1ccc(N2CC[NH+]([C@@H](c3ccccc3OC)c3nnnn3Cc3ccco3)CC2)cc1. The maximum Gasteiger partial charge on any atom is 0.214 e. The van der Waals surface area contributed by atoms with Crippen LogP contribution in [-0.2, 0) is 6.54 Å². The van der Waals surface area contributed by atoms with E-state index in [0.717, 1.165) is 54.8 Å². The number of piperazine rings is 1. The number of rotatable bonds is 8.